The van der Waals surface area contributed by atoms with E-state index in [1.54, 1.807) is 49.4 Å². The van der Waals surface area contributed by atoms with Crippen molar-refractivity contribution in [2.75, 3.05) is 10.8 Å². The number of sulfonamides is 1. The summed E-state index contributed by atoms with van der Waals surface area (Å²) in [5, 5.41) is 3.42. The van der Waals surface area contributed by atoms with Gasteiger partial charge in [-0.1, -0.05) is 67.1 Å². The van der Waals surface area contributed by atoms with Crippen LogP contribution in [-0.4, -0.2) is 43.3 Å². The first-order valence-corrected chi connectivity index (χ1v) is 15.1. The van der Waals surface area contributed by atoms with Crippen LogP contribution in [0.5, 0.6) is 0 Å². The van der Waals surface area contributed by atoms with E-state index in [0.717, 1.165) is 9.87 Å². The number of rotatable bonds is 10. The fourth-order valence-electron chi connectivity index (χ4n) is 4.40. The van der Waals surface area contributed by atoms with Crippen LogP contribution in [0.25, 0.3) is 0 Å². The monoisotopic (exact) mass is 583 g/mol. The summed E-state index contributed by atoms with van der Waals surface area (Å²) in [5.74, 6) is -0.837. The third-order valence-electron chi connectivity index (χ3n) is 6.43. The van der Waals surface area contributed by atoms with Crippen molar-refractivity contribution in [1.29, 1.82) is 0 Å². The Balaban J connectivity index is 2.12. The van der Waals surface area contributed by atoms with Gasteiger partial charge in [-0.3, -0.25) is 13.9 Å². The van der Waals surface area contributed by atoms with Crippen molar-refractivity contribution in [3.63, 3.8) is 0 Å². The number of hydrogen-bond acceptors (Lipinski definition) is 4. The summed E-state index contributed by atoms with van der Waals surface area (Å²) >= 11 is 6.45. The summed E-state index contributed by atoms with van der Waals surface area (Å²) in [7, 11) is -4.13. The van der Waals surface area contributed by atoms with Gasteiger partial charge in [-0.25, -0.2) is 8.42 Å². The normalized spacial score (nSPS) is 12.5. The van der Waals surface area contributed by atoms with E-state index in [2.05, 4.69) is 5.32 Å². The number of hydrogen-bond donors (Lipinski definition) is 1. The maximum Gasteiger partial charge on any atom is 0.264 e. The highest BCUT2D eigenvalue weighted by atomic mass is 35.5. The Morgan fingerprint density at radius 1 is 0.950 bits per heavy atom. The highest BCUT2D eigenvalue weighted by Crippen LogP contribution is 2.29. The second-order valence-electron chi connectivity index (χ2n) is 10.9. The second kappa shape index (κ2) is 12.9. The molecule has 40 heavy (non-hydrogen) atoms. The predicted octanol–water partition coefficient (Wildman–Crippen LogP) is 5.87. The Labute approximate surface area is 243 Å². The van der Waals surface area contributed by atoms with Crippen LogP contribution in [0.3, 0.4) is 0 Å². The smallest absolute Gasteiger partial charge is 0.264 e. The molecule has 0 unspecified atom stereocenters. The van der Waals surface area contributed by atoms with Crippen LogP contribution in [-0.2, 0) is 26.2 Å². The van der Waals surface area contributed by atoms with E-state index in [1.165, 1.54) is 17.0 Å². The molecule has 3 aromatic carbocycles. The fraction of sp³-hybridized carbons (Fsp3) is 0.355. The second-order valence-corrected chi connectivity index (χ2v) is 13.2. The minimum Gasteiger partial charge on any atom is -0.350 e. The van der Waals surface area contributed by atoms with Crippen LogP contribution < -0.4 is 9.62 Å². The summed E-state index contributed by atoms with van der Waals surface area (Å²) < 4.78 is 29.1. The molecule has 0 saturated carbocycles. The van der Waals surface area contributed by atoms with Gasteiger partial charge in [0.15, 0.2) is 0 Å². The predicted molar refractivity (Wildman–Crippen MR) is 161 cm³/mol. The molecule has 1 atom stereocenters. The zero-order chi connectivity index (χ0) is 29.7. The van der Waals surface area contributed by atoms with Crippen molar-refractivity contribution in [3.8, 4) is 0 Å². The number of nitrogens with zero attached hydrogens (tertiary/aromatic N) is 2. The first kappa shape index (κ1) is 31.2. The molecule has 2 amide bonds. The van der Waals surface area contributed by atoms with E-state index >= 15 is 0 Å². The van der Waals surface area contributed by atoms with Crippen LogP contribution in [0.1, 0.15) is 50.8 Å². The van der Waals surface area contributed by atoms with Gasteiger partial charge < -0.3 is 10.2 Å². The van der Waals surface area contributed by atoms with Crippen LogP contribution in [0.4, 0.5) is 5.69 Å². The summed E-state index contributed by atoms with van der Waals surface area (Å²) in [4.78, 5) is 29.1. The summed E-state index contributed by atoms with van der Waals surface area (Å²) in [6.45, 7) is 10.6. The molecule has 0 aliphatic carbocycles. The van der Waals surface area contributed by atoms with Gasteiger partial charge in [0.05, 0.1) is 10.6 Å². The van der Waals surface area contributed by atoms with E-state index in [9.17, 15) is 18.0 Å². The number of carbonyl (C=O) groups excluding carboxylic acids is 2. The third kappa shape index (κ3) is 7.64. The van der Waals surface area contributed by atoms with Crippen molar-refractivity contribution in [2.45, 2.75) is 71.0 Å². The molecule has 0 aliphatic heterocycles. The maximum absolute atomic E-state index is 14.2. The topological polar surface area (TPSA) is 86.8 Å². The summed E-state index contributed by atoms with van der Waals surface area (Å²) in [6.07, 6.45) is 0.326. The van der Waals surface area contributed by atoms with Crippen molar-refractivity contribution in [1.82, 2.24) is 10.2 Å². The molecule has 1 N–H and O–H groups in total. The highest BCUT2D eigenvalue weighted by molar-refractivity contribution is 7.92. The van der Waals surface area contributed by atoms with Crippen LogP contribution in [0.15, 0.2) is 77.7 Å². The molecule has 7 nitrogen and oxygen atoms in total. The van der Waals surface area contributed by atoms with Gasteiger partial charge in [-0.15, -0.1) is 0 Å². The standard InChI is InChI=1S/C31H38ClN3O4S/c1-7-27(30(37)33-31(4,5)6)34(20-24-13-11-12-16-26(24)32)29(36)21-35(28-19-22(2)17-18-23(28)3)40(38,39)25-14-9-8-10-15-25/h8-19,27H,7,20-21H2,1-6H3,(H,33,37)/t27-/m0/s1. The lowest BCUT2D eigenvalue weighted by Crippen LogP contribution is -2.55. The largest absolute Gasteiger partial charge is 0.350 e. The maximum atomic E-state index is 14.2. The number of aryl methyl sites for hydroxylation is 2. The molecule has 0 radical (unpaired) electrons. The van der Waals surface area contributed by atoms with Crippen molar-refractivity contribution in [3.05, 3.63) is 94.5 Å². The lowest BCUT2D eigenvalue weighted by molar-refractivity contribution is -0.141. The van der Waals surface area contributed by atoms with E-state index in [4.69, 9.17) is 11.6 Å². The molecule has 0 heterocycles. The molecule has 0 bridgehead atoms. The number of halogens is 1. The Morgan fingerprint density at radius 2 is 1.57 bits per heavy atom. The quantitative estimate of drug-likeness (QED) is 0.323. The zero-order valence-corrected chi connectivity index (χ0v) is 25.5. The van der Waals surface area contributed by atoms with Crippen LogP contribution in [0, 0.1) is 13.8 Å². The van der Waals surface area contributed by atoms with Gasteiger partial charge in [0.25, 0.3) is 10.0 Å². The molecule has 3 rings (SSSR count). The Kier molecular flexibility index (Phi) is 10.0. The van der Waals surface area contributed by atoms with Crippen molar-refractivity contribution >= 4 is 39.1 Å². The van der Waals surface area contributed by atoms with Gasteiger partial charge in [0, 0.05) is 17.1 Å². The van der Waals surface area contributed by atoms with E-state index < -0.39 is 34.1 Å². The number of carbonyl (C=O) groups is 2. The Morgan fingerprint density at radius 3 is 2.17 bits per heavy atom. The number of anilines is 1. The zero-order valence-electron chi connectivity index (χ0n) is 23.9. The minimum atomic E-state index is -4.13. The lowest BCUT2D eigenvalue weighted by Gasteiger charge is -2.35. The molecule has 0 fully saturated rings. The summed E-state index contributed by atoms with van der Waals surface area (Å²) in [6, 6.07) is 19.8. The van der Waals surface area contributed by atoms with Crippen LogP contribution >= 0.6 is 11.6 Å². The van der Waals surface area contributed by atoms with E-state index in [-0.39, 0.29) is 17.3 Å². The third-order valence-corrected chi connectivity index (χ3v) is 8.57. The molecule has 0 spiro atoms. The molecule has 214 valence electrons. The highest BCUT2D eigenvalue weighted by Gasteiger charge is 2.35. The van der Waals surface area contributed by atoms with E-state index in [0.29, 0.717) is 28.3 Å². The van der Waals surface area contributed by atoms with E-state index in [1.807, 2.05) is 52.8 Å². The molecule has 9 heteroatoms. The Hall–Kier alpha value is -3.36. The van der Waals surface area contributed by atoms with Gasteiger partial charge in [0.1, 0.15) is 12.6 Å². The molecule has 0 aromatic heterocycles. The van der Waals surface area contributed by atoms with Gasteiger partial charge in [-0.05, 0) is 82.0 Å². The lowest BCUT2D eigenvalue weighted by atomic mass is 10.1. The number of amides is 2. The van der Waals surface area contributed by atoms with Gasteiger partial charge in [-0.2, -0.15) is 0 Å². The van der Waals surface area contributed by atoms with Crippen molar-refractivity contribution < 1.29 is 18.0 Å². The number of benzene rings is 3. The molecule has 0 saturated heterocycles. The first-order chi connectivity index (χ1) is 18.7. The SMILES string of the molecule is CC[C@@H](C(=O)NC(C)(C)C)N(Cc1ccccc1Cl)C(=O)CN(c1cc(C)ccc1C)S(=O)(=O)c1ccccc1. The van der Waals surface area contributed by atoms with Crippen LogP contribution in [0.2, 0.25) is 5.02 Å². The van der Waals surface area contributed by atoms with Crippen molar-refractivity contribution in [2.24, 2.45) is 0 Å². The molecular weight excluding hydrogens is 546 g/mol. The average Bonchev–Trinajstić information content (AvgIpc) is 2.89. The van der Waals surface area contributed by atoms with Gasteiger partial charge >= 0.3 is 0 Å². The van der Waals surface area contributed by atoms with Gasteiger partial charge in [0.2, 0.25) is 11.8 Å². The first-order valence-electron chi connectivity index (χ1n) is 13.2. The Bertz CT molecular complexity index is 1450. The number of nitrogens with one attached hydrogen (secondary N) is 1. The minimum absolute atomic E-state index is 0.0423. The molecular formula is C31H38ClN3O4S. The molecule has 3 aromatic rings. The summed E-state index contributed by atoms with van der Waals surface area (Å²) in [5.41, 5.74) is 2.09. The fourth-order valence-corrected chi connectivity index (χ4v) is 6.09. The average molecular weight is 584 g/mol. The molecule has 0 aliphatic rings.